The minimum atomic E-state index is -0.597. The molecule has 216 valence electrons. The topological polar surface area (TPSA) is 108 Å². The Kier molecular flexibility index (Phi) is 8.97. The molecule has 1 aromatic heterocycles. The molecule has 1 heterocycles. The van der Waals surface area contributed by atoms with E-state index < -0.39 is 5.97 Å². The number of benzene rings is 4. The molecule has 0 saturated heterocycles. The molecule has 10 heteroatoms. The van der Waals surface area contributed by atoms with E-state index >= 15 is 0 Å². The number of carbonyl (C=O) groups excluding carboxylic acids is 2. The zero-order chi connectivity index (χ0) is 30.3. The summed E-state index contributed by atoms with van der Waals surface area (Å²) in [7, 11) is 4.46. The highest BCUT2D eigenvalue weighted by Gasteiger charge is 2.16. The summed E-state index contributed by atoms with van der Waals surface area (Å²) >= 11 is 3.45. The van der Waals surface area contributed by atoms with Gasteiger partial charge < -0.3 is 18.9 Å². The molecular formula is C33H26BrN3O6. The molecule has 0 saturated carbocycles. The summed E-state index contributed by atoms with van der Waals surface area (Å²) in [6.07, 6.45) is 1.47. The van der Waals surface area contributed by atoms with Gasteiger partial charge in [-0.1, -0.05) is 46.3 Å². The lowest BCUT2D eigenvalue weighted by Crippen LogP contribution is -2.18. The molecule has 0 aliphatic carbocycles. The predicted molar refractivity (Wildman–Crippen MR) is 167 cm³/mol. The lowest BCUT2D eigenvalue weighted by Gasteiger charge is -2.12. The van der Waals surface area contributed by atoms with E-state index in [0.29, 0.717) is 45.0 Å². The maximum Gasteiger partial charge on any atom is 0.343 e. The van der Waals surface area contributed by atoms with Gasteiger partial charge in [-0.3, -0.25) is 4.79 Å². The van der Waals surface area contributed by atoms with Crippen molar-refractivity contribution in [1.82, 2.24) is 10.4 Å². The van der Waals surface area contributed by atoms with Crippen LogP contribution in [0, 0.1) is 0 Å². The maximum absolute atomic E-state index is 13.2. The van der Waals surface area contributed by atoms with Crippen LogP contribution in [-0.4, -0.2) is 44.4 Å². The Morgan fingerprint density at radius 3 is 2.23 bits per heavy atom. The lowest BCUT2D eigenvalue weighted by atomic mass is 10.0. The molecule has 1 amide bonds. The van der Waals surface area contributed by atoms with Gasteiger partial charge >= 0.3 is 5.97 Å². The number of para-hydroxylation sites is 1. The Bertz CT molecular complexity index is 1840. The van der Waals surface area contributed by atoms with E-state index in [1.165, 1.54) is 33.6 Å². The van der Waals surface area contributed by atoms with Crippen molar-refractivity contribution in [3.63, 3.8) is 0 Å². The van der Waals surface area contributed by atoms with Gasteiger partial charge in [-0.2, -0.15) is 5.10 Å². The SMILES string of the molecule is COc1ccc(C(=O)Oc2ccc(/C=N\NC(=O)c3cc(-c4ccc(Br)cc4)nc4ccccc34)cc2OC)cc1OC. The Morgan fingerprint density at radius 1 is 0.791 bits per heavy atom. The molecule has 0 aliphatic heterocycles. The molecule has 43 heavy (non-hydrogen) atoms. The number of pyridine rings is 1. The Morgan fingerprint density at radius 2 is 1.49 bits per heavy atom. The second-order valence-corrected chi connectivity index (χ2v) is 10.1. The van der Waals surface area contributed by atoms with Crippen LogP contribution in [0.2, 0.25) is 0 Å². The number of hydrazone groups is 1. The van der Waals surface area contributed by atoms with Gasteiger partial charge in [-0.25, -0.2) is 15.2 Å². The van der Waals surface area contributed by atoms with Crippen molar-refractivity contribution in [3.8, 4) is 34.3 Å². The average Bonchev–Trinajstić information content (AvgIpc) is 3.04. The number of nitrogens with one attached hydrogen (secondary N) is 1. The molecule has 0 unspecified atom stereocenters. The van der Waals surface area contributed by atoms with E-state index in [2.05, 4.69) is 26.5 Å². The molecular weight excluding hydrogens is 614 g/mol. The quantitative estimate of drug-likeness (QED) is 0.0830. The monoisotopic (exact) mass is 639 g/mol. The van der Waals surface area contributed by atoms with Crippen molar-refractivity contribution in [2.24, 2.45) is 5.10 Å². The highest BCUT2D eigenvalue weighted by atomic mass is 79.9. The summed E-state index contributed by atoms with van der Waals surface area (Å²) in [4.78, 5) is 30.8. The van der Waals surface area contributed by atoms with Gasteiger partial charge in [0, 0.05) is 15.4 Å². The van der Waals surface area contributed by atoms with Crippen molar-refractivity contribution < 1.29 is 28.5 Å². The molecule has 5 aromatic rings. The third-order valence-electron chi connectivity index (χ3n) is 6.49. The number of esters is 1. The van der Waals surface area contributed by atoms with Crippen LogP contribution in [0.1, 0.15) is 26.3 Å². The number of amides is 1. The van der Waals surface area contributed by atoms with Gasteiger partial charge in [0.1, 0.15) is 0 Å². The maximum atomic E-state index is 13.2. The van der Waals surface area contributed by atoms with Gasteiger partial charge in [0.15, 0.2) is 23.0 Å². The molecule has 0 aliphatic rings. The number of hydrogen-bond donors (Lipinski definition) is 1. The van der Waals surface area contributed by atoms with E-state index in [0.717, 1.165) is 10.0 Å². The number of fused-ring (bicyclic) bond motifs is 1. The molecule has 0 bridgehead atoms. The average molecular weight is 640 g/mol. The summed E-state index contributed by atoms with van der Waals surface area (Å²) in [5.74, 6) is 0.438. The van der Waals surface area contributed by atoms with Crippen LogP contribution in [0.15, 0.2) is 101 Å². The van der Waals surface area contributed by atoms with Gasteiger partial charge in [-0.05, 0) is 66.2 Å². The molecule has 9 nitrogen and oxygen atoms in total. The van der Waals surface area contributed by atoms with E-state index in [1.54, 1.807) is 36.4 Å². The van der Waals surface area contributed by atoms with E-state index in [1.807, 2.05) is 48.5 Å². The summed E-state index contributed by atoms with van der Waals surface area (Å²) in [6, 6.07) is 26.6. The van der Waals surface area contributed by atoms with Crippen LogP contribution in [-0.2, 0) is 0 Å². The largest absolute Gasteiger partial charge is 0.493 e. The number of hydrogen-bond acceptors (Lipinski definition) is 8. The first-order valence-electron chi connectivity index (χ1n) is 13.0. The standard InChI is InChI=1S/C33H26BrN3O6/c1-40-28-15-11-22(17-31(28)42-3)33(39)43-29-14-8-20(16-30(29)41-2)19-35-37-32(38)25-18-27(21-9-12-23(34)13-10-21)36-26-7-5-4-6-24(25)26/h4-19H,1-3H3,(H,37,38)/b35-19-. The Hall–Kier alpha value is -5.22. The molecule has 1 N–H and O–H groups in total. The third-order valence-corrected chi connectivity index (χ3v) is 7.02. The molecule has 5 rings (SSSR count). The first-order valence-corrected chi connectivity index (χ1v) is 13.8. The normalized spacial score (nSPS) is 10.9. The van der Waals surface area contributed by atoms with Gasteiger partial charge in [0.05, 0.1) is 49.9 Å². The molecule has 0 atom stereocenters. The molecule has 0 fully saturated rings. The first kappa shape index (κ1) is 29.3. The fraction of sp³-hybridized carbons (Fsp3) is 0.0909. The zero-order valence-corrected chi connectivity index (χ0v) is 25.0. The first-order chi connectivity index (χ1) is 20.9. The number of aromatic nitrogens is 1. The van der Waals surface area contributed by atoms with Crippen LogP contribution in [0.3, 0.4) is 0 Å². The summed E-state index contributed by atoms with van der Waals surface area (Å²) in [6.45, 7) is 0. The summed E-state index contributed by atoms with van der Waals surface area (Å²) < 4.78 is 22.4. The number of rotatable bonds is 9. The predicted octanol–water partition coefficient (Wildman–Crippen LogP) is 6.67. The molecule has 0 spiro atoms. The van der Waals surface area contributed by atoms with Crippen molar-refractivity contribution in [2.45, 2.75) is 0 Å². The zero-order valence-electron chi connectivity index (χ0n) is 23.5. The lowest BCUT2D eigenvalue weighted by molar-refractivity contribution is 0.0729. The van der Waals surface area contributed by atoms with Crippen molar-refractivity contribution in [3.05, 3.63) is 112 Å². The number of carbonyl (C=O) groups is 2. The molecule has 4 aromatic carbocycles. The minimum absolute atomic E-state index is 0.215. The van der Waals surface area contributed by atoms with Crippen molar-refractivity contribution >= 4 is 44.9 Å². The fourth-order valence-corrected chi connectivity index (χ4v) is 4.59. The smallest absolute Gasteiger partial charge is 0.343 e. The highest BCUT2D eigenvalue weighted by molar-refractivity contribution is 9.10. The third kappa shape index (κ3) is 6.65. The Balaban J connectivity index is 1.32. The van der Waals surface area contributed by atoms with E-state index in [9.17, 15) is 9.59 Å². The van der Waals surface area contributed by atoms with Crippen LogP contribution < -0.4 is 24.4 Å². The Labute approximate surface area is 256 Å². The van der Waals surface area contributed by atoms with E-state index in [4.69, 9.17) is 23.9 Å². The number of ether oxygens (including phenoxy) is 4. The number of halogens is 1. The highest BCUT2D eigenvalue weighted by Crippen LogP contribution is 2.31. The second kappa shape index (κ2) is 13.2. The van der Waals surface area contributed by atoms with Gasteiger partial charge in [0.25, 0.3) is 5.91 Å². The van der Waals surface area contributed by atoms with Crippen LogP contribution in [0.4, 0.5) is 0 Å². The van der Waals surface area contributed by atoms with Crippen molar-refractivity contribution in [2.75, 3.05) is 21.3 Å². The van der Waals surface area contributed by atoms with Gasteiger partial charge in [0.2, 0.25) is 0 Å². The fourth-order valence-electron chi connectivity index (χ4n) is 4.33. The van der Waals surface area contributed by atoms with E-state index in [-0.39, 0.29) is 17.2 Å². The van der Waals surface area contributed by atoms with Crippen LogP contribution in [0.25, 0.3) is 22.2 Å². The molecule has 0 radical (unpaired) electrons. The van der Waals surface area contributed by atoms with Gasteiger partial charge in [-0.15, -0.1) is 0 Å². The second-order valence-electron chi connectivity index (χ2n) is 9.15. The van der Waals surface area contributed by atoms with Crippen LogP contribution in [0.5, 0.6) is 23.0 Å². The summed E-state index contributed by atoms with van der Waals surface area (Å²) in [5, 5.41) is 4.85. The number of methoxy groups -OCH3 is 3. The minimum Gasteiger partial charge on any atom is -0.493 e. The summed E-state index contributed by atoms with van der Waals surface area (Å²) in [5.41, 5.74) is 6.17. The number of nitrogens with zero attached hydrogens (tertiary/aromatic N) is 2. The van der Waals surface area contributed by atoms with Crippen molar-refractivity contribution in [1.29, 1.82) is 0 Å². The van der Waals surface area contributed by atoms with Crippen LogP contribution >= 0.6 is 15.9 Å².